The van der Waals surface area contributed by atoms with Crippen LogP contribution in [0.1, 0.15) is 56.1 Å². The molecule has 0 heterocycles. The van der Waals surface area contributed by atoms with Crippen LogP contribution in [0.3, 0.4) is 0 Å². The standard InChI is InChI=1S/C18H25N/c19-18(12-16-11-13-7-8-15(16)10-13)9-3-5-14-4-1-2-6-17(14)18/h1-2,4,6,13,15-16H,3,5,7-12,19H2. The van der Waals surface area contributed by atoms with Gasteiger partial charge in [-0.05, 0) is 73.8 Å². The van der Waals surface area contributed by atoms with Gasteiger partial charge < -0.3 is 5.73 Å². The molecule has 4 unspecified atom stereocenters. The summed E-state index contributed by atoms with van der Waals surface area (Å²) >= 11 is 0. The molecule has 0 radical (unpaired) electrons. The van der Waals surface area contributed by atoms with E-state index in [1.165, 1.54) is 62.5 Å². The van der Waals surface area contributed by atoms with Crippen LogP contribution in [-0.2, 0) is 12.0 Å². The summed E-state index contributed by atoms with van der Waals surface area (Å²) in [5, 5.41) is 0. The Morgan fingerprint density at radius 3 is 2.84 bits per heavy atom. The zero-order valence-electron chi connectivity index (χ0n) is 11.8. The Hall–Kier alpha value is -0.820. The van der Waals surface area contributed by atoms with Crippen LogP contribution >= 0.6 is 0 Å². The van der Waals surface area contributed by atoms with E-state index in [9.17, 15) is 0 Å². The number of hydrogen-bond donors (Lipinski definition) is 1. The molecule has 0 aliphatic heterocycles. The average Bonchev–Trinajstić information content (AvgIpc) is 3.01. The lowest BCUT2D eigenvalue weighted by Crippen LogP contribution is -2.42. The molecule has 0 amide bonds. The Labute approximate surface area is 116 Å². The van der Waals surface area contributed by atoms with Gasteiger partial charge in [-0.2, -0.15) is 0 Å². The maximum absolute atomic E-state index is 6.88. The van der Waals surface area contributed by atoms with Gasteiger partial charge in [0, 0.05) is 5.54 Å². The molecular formula is C18H25N. The molecule has 19 heavy (non-hydrogen) atoms. The third-order valence-electron chi connectivity index (χ3n) is 6.13. The van der Waals surface area contributed by atoms with Gasteiger partial charge in [-0.3, -0.25) is 0 Å². The molecule has 2 fully saturated rings. The Bertz CT molecular complexity index is 480. The third kappa shape index (κ3) is 1.94. The fourth-order valence-corrected chi connectivity index (χ4v) is 5.26. The molecule has 1 nitrogen and oxygen atoms in total. The summed E-state index contributed by atoms with van der Waals surface area (Å²) in [6, 6.07) is 8.92. The largest absolute Gasteiger partial charge is 0.321 e. The first-order chi connectivity index (χ1) is 9.24. The molecule has 102 valence electrons. The SMILES string of the molecule is NC1(CC2CC3CCC2C3)CCCc2ccccc21. The van der Waals surface area contributed by atoms with Crippen LogP contribution in [0.4, 0.5) is 0 Å². The Balaban J connectivity index is 1.60. The van der Waals surface area contributed by atoms with Gasteiger partial charge in [-0.15, -0.1) is 0 Å². The summed E-state index contributed by atoms with van der Waals surface area (Å²) < 4.78 is 0. The van der Waals surface area contributed by atoms with Crippen LogP contribution in [-0.4, -0.2) is 0 Å². The van der Waals surface area contributed by atoms with E-state index in [1.807, 2.05) is 0 Å². The van der Waals surface area contributed by atoms with Crippen molar-refractivity contribution in [1.29, 1.82) is 0 Å². The summed E-state index contributed by atoms with van der Waals surface area (Å²) in [6.45, 7) is 0. The third-order valence-corrected chi connectivity index (χ3v) is 6.13. The second-order valence-electron chi connectivity index (χ2n) is 7.31. The van der Waals surface area contributed by atoms with Gasteiger partial charge in [0.2, 0.25) is 0 Å². The number of fused-ring (bicyclic) bond motifs is 3. The first kappa shape index (κ1) is 12.0. The quantitative estimate of drug-likeness (QED) is 0.849. The molecule has 1 aromatic rings. The molecule has 0 saturated heterocycles. The number of nitrogens with two attached hydrogens (primary N) is 1. The molecule has 4 atom stereocenters. The fourth-order valence-electron chi connectivity index (χ4n) is 5.26. The van der Waals surface area contributed by atoms with Gasteiger partial charge in [-0.1, -0.05) is 30.7 Å². The number of hydrogen-bond acceptors (Lipinski definition) is 1. The van der Waals surface area contributed by atoms with Crippen molar-refractivity contribution in [2.45, 2.75) is 56.9 Å². The molecule has 2 N–H and O–H groups in total. The summed E-state index contributed by atoms with van der Waals surface area (Å²) in [7, 11) is 0. The molecule has 3 aliphatic rings. The Kier molecular flexibility index (Phi) is 2.73. The van der Waals surface area contributed by atoms with Crippen LogP contribution in [0.2, 0.25) is 0 Å². The van der Waals surface area contributed by atoms with Crippen LogP contribution in [0.15, 0.2) is 24.3 Å². The van der Waals surface area contributed by atoms with Gasteiger partial charge >= 0.3 is 0 Å². The van der Waals surface area contributed by atoms with Gasteiger partial charge in [0.25, 0.3) is 0 Å². The number of aryl methyl sites for hydroxylation is 1. The van der Waals surface area contributed by atoms with Crippen molar-refractivity contribution >= 4 is 0 Å². The average molecular weight is 255 g/mol. The van der Waals surface area contributed by atoms with E-state index in [2.05, 4.69) is 24.3 Å². The van der Waals surface area contributed by atoms with Gasteiger partial charge in [0.15, 0.2) is 0 Å². The monoisotopic (exact) mass is 255 g/mol. The Morgan fingerprint density at radius 2 is 2.05 bits per heavy atom. The number of rotatable bonds is 2. The van der Waals surface area contributed by atoms with Crippen molar-refractivity contribution < 1.29 is 0 Å². The highest BCUT2D eigenvalue weighted by Gasteiger charge is 2.44. The summed E-state index contributed by atoms with van der Waals surface area (Å²) in [5.74, 6) is 2.95. The molecule has 0 aromatic heterocycles. The second kappa shape index (κ2) is 4.34. The highest BCUT2D eigenvalue weighted by Crippen LogP contribution is 2.52. The normalized spacial score (nSPS) is 40.4. The molecule has 4 rings (SSSR count). The van der Waals surface area contributed by atoms with Crippen molar-refractivity contribution in [3.8, 4) is 0 Å². The van der Waals surface area contributed by atoms with Crippen LogP contribution < -0.4 is 5.73 Å². The zero-order chi connectivity index (χ0) is 12.9. The molecular weight excluding hydrogens is 230 g/mol. The minimum absolute atomic E-state index is 0.0238. The van der Waals surface area contributed by atoms with Crippen LogP contribution in [0, 0.1) is 17.8 Å². The highest BCUT2D eigenvalue weighted by molar-refractivity contribution is 5.36. The summed E-state index contributed by atoms with van der Waals surface area (Å²) in [4.78, 5) is 0. The van der Waals surface area contributed by atoms with E-state index in [-0.39, 0.29) is 5.54 Å². The smallest absolute Gasteiger partial charge is 0.0415 e. The van der Waals surface area contributed by atoms with E-state index < -0.39 is 0 Å². The van der Waals surface area contributed by atoms with E-state index in [1.54, 1.807) is 0 Å². The molecule has 3 aliphatic carbocycles. The minimum Gasteiger partial charge on any atom is -0.321 e. The van der Waals surface area contributed by atoms with E-state index >= 15 is 0 Å². The molecule has 0 spiro atoms. The van der Waals surface area contributed by atoms with Crippen molar-refractivity contribution in [1.82, 2.24) is 0 Å². The second-order valence-corrected chi connectivity index (χ2v) is 7.31. The predicted molar refractivity (Wildman–Crippen MR) is 78.8 cm³/mol. The first-order valence-electron chi connectivity index (χ1n) is 8.12. The maximum Gasteiger partial charge on any atom is 0.0415 e. The van der Waals surface area contributed by atoms with E-state index in [0.717, 1.165) is 17.8 Å². The predicted octanol–water partition coefficient (Wildman–Crippen LogP) is 4.00. The molecule has 2 bridgehead atoms. The lowest BCUT2D eigenvalue weighted by molar-refractivity contribution is 0.222. The molecule has 1 aromatic carbocycles. The van der Waals surface area contributed by atoms with Crippen molar-refractivity contribution in [2.75, 3.05) is 0 Å². The molecule has 1 heteroatoms. The van der Waals surface area contributed by atoms with Gasteiger partial charge in [0.1, 0.15) is 0 Å². The lowest BCUT2D eigenvalue weighted by Gasteiger charge is -2.39. The Morgan fingerprint density at radius 1 is 1.16 bits per heavy atom. The van der Waals surface area contributed by atoms with Crippen LogP contribution in [0.5, 0.6) is 0 Å². The summed E-state index contributed by atoms with van der Waals surface area (Å²) in [6.07, 6.45) is 10.9. The minimum atomic E-state index is -0.0238. The fraction of sp³-hybridized carbons (Fsp3) is 0.667. The maximum atomic E-state index is 6.88. The van der Waals surface area contributed by atoms with Crippen molar-refractivity contribution in [3.63, 3.8) is 0 Å². The van der Waals surface area contributed by atoms with Crippen molar-refractivity contribution in [2.24, 2.45) is 23.5 Å². The highest BCUT2D eigenvalue weighted by atomic mass is 14.8. The zero-order valence-corrected chi connectivity index (χ0v) is 11.8. The lowest BCUT2D eigenvalue weighted by atomic mass is 9.70. The molecule has 2 saturated carbocycles. The topological polar surface area (TPSA) is 26.0 Å². The number of benzene rings is 1. The van der Waals surface area contributed by atoms with Crippen LogP contribution in [0.25, 0.3) is 0 Å². The van der Waals surface area contributed by atoms with Gasteiger partial charge in [0.05, 0.1) is 0 Å². The van der Waals surface area contributed by atoms with E-state index in [0.29, 0.717) is 0 Å². The summed E-state index contributed by atoms with van der Waals surface area (Å²) in [5.41, 5.74) is 9.83. The van der Waals surface area contributed by atoms with Gasteiger partial charge in [-0.25, -0.2) is 0 Å². The first-order valence-corrected chi connectivity index (χ1v) is 8.12. The van der Waals surface area contributed by atoms with Crippen molar-refractivity contribution in [3.05, 3.63) is 35.4 Å². The van der Waals surface area contributed by atoms with E-state index in [4.69, 9.17) is 5.73 Å².